The second kappa shape index (κ2) is 24.4. The number of nitrogens with two attached hydrogens (primary N) is 1. The number of hydrogen-bond acceptors (Lipinski definition) is 10. The van der Waals surface area contributed by atoms with Crippen LogP contribution in [0.3, 0.4) is 0 Å². The van der Waals surface area contributed by atoms with Crippen LogP contribution in [-0.2, 0) is 68.8 Å². The summed E-state index contributed by atoms with van der Waals surface area (Å²) in [6.45, 7) is 0.401. The van der Waals surface area contributed by atoms with Crippen molar-refractivity contribution in [1.29, 1.82) is 0 Å². The summed E-state index contributed by atoms with van der Waals surface area (Å²) in [5.41, 5.74) is 9.04. The van der Waals surface area contributed by atoms with Gasteiger partial charge < -0.3 is 58.2 Å². The van der Waals surface area contributed by atoms with Crippen molar-refractivity contribution in [3.05, 3.63) is 126 Å². The smallest absolute Gasteiger partial charge is 0.243 e. The monoisotopic (exact) mass is 944 g/mol. The topological polar surface area (TPSA) is 320 Å². The molecule has 0 aliphatic carbocycles. The maximum Gasteiger partial charge on any atom is 0.243 e. The first-order valence-corrected chi connectivity index (χ1v) is 22.4. The van der Waals surface area contributed by atoms with Gasteiger partial charge in [0.2, 0.25) is 53.2 Å². The van der Waals surface area contributed by atoms with Crippen LogP contribution in [0.4, 0.5) is 0 Å². The molecule has 0 bridgehead atoms. The predicted molar refractivity (Wildman–Crippen MR) is 251 cm³/mol. The lowest BCUT2D eigenvalue weighted by atomic mass is 10.0. The van der Waals surface area contributed by atoms with Crippen molar-refractivity contribution >= 4 is 64.1 Å². The third-order valence-electron chi connectivity index (χ3n) is 11.4. The molecule has 12 N–H and O–H groups in total. The van der Waals surface area contributed by atoms with E-state index in [0.29, 0.717) is 22.4 Å². The van der Waals surface area contributed by atoms with Crippen molar-refractivity contribution in [2.45, 2.75) is 88.1 Å². The summed E-state index contributed by atoms with van der Waals surface area (Å²) in [5.74, 6) is -6.77. The molecule has 3 aromatic carbocycles. The van der Waals surface area contributed by atoms with Gasteiger partial charge in [0.05, 0.1) is 12.9 Å². The van der Waals surface area contributed by atoms with Crippen LogP contribution >= 0.6 is 0 Å². The van der Waals surface area contributed by atoms with Gasteiger partial charge in [-0.3, -0.25) is 43.2 Å². The molecule has 21 heteroatoms. The molecule has 4 unspecified atom stereocenters. The van der Waals surface area contributed by atoms with Crippen molar-refractivity contribution in [2.75, 3.05) is 13.1 Å². The average Bonchev–Trinajstić information content (AvgIpc) is 4.01. The Hall–Kier alpha value is -8.36. The van der Waals surface area contributed by atoms with E-state index in [1.807, 2.05) is 24.3 Å². The minimum absolute atomic E-state index is 0.0128. The van der Waals surface area contributed by atoms with Crippen molar-refractivity contribution in [2.24, 2.45) is 5.73 Å². The van der Waals surface area contributed by atoms with E-state index >= 15 is 0 Å². The zero-order chi connectivity index (χ0) is 49.3. The summed E-state index contributed by atoms with van der Waals surface area (Å²) >= 11 is 0. The van der Waals surface area contributed by atoms with E-state index in [0.717, 1.165) is 10.9 Å². The van der Waals surface area contributed by atoms with E-state index in [2.05, 4.69) is 57.5 Å². The van der Waals surface area contributed by atoms with Crippen LogP contribution in [0.2, 0.25) is 0 Å². The molecule has 6 atom stereocenters. The number of imidazole rings is 1. The number of para-hydroxylation sites is 1. The molecule has 69 heavy (non-hydrogen) atoms. The van der Waals surface area contributed by atoms with Crippen LogP contribution in [0, 0.1) is 0 Å². The van der Waals surface area contributed by atoms with Gasteiger partial charge in [-0.25, -0.2) is 4.98 Å². The molecule has 6 rings (SSSR count). The third kappa shape index (κ3) is 15.1. The molecule has 3 heterocycles. The molecule has 5 aromatic rings. The van der Waals surface area contributed by atoms with Crippen LogP contribution in [0.5, 0.6) is 0 Å². The summed E-state index contributed by atoms with van der Waals surface area (Å²) < 4.78 is 0. The molecule has 0 saturated carbocycles. The van der Waals surface area contributed by atoms with Gasteiger partial charge in [-0.1, -0.05) is 78.9 Å². The predicted octanol–water partition coefficient (Wildman–Crippen LogP) is -1.01. The van der Waals surface area contributed by atoms with Gasteiger partial charge in [0.15, 0.2) is 0 Å². The number of carbonyl (C=O) groups excluding carboxylic acids is 9. The molecule has 1 saturated heterocycles. The normalized spacial score (nSPS) is 19.6. The molecule has 1 aliphatic heterocycles. The fraction of sp³-hybridized carbons (Fsp3) is 0.333. The number of amides is 9. The van der Waals surface area contributed by atoms with Gasteiger partial charge in [0, 0.05) is 74.6 Å². The minimum atomic E-state index is -1.45. The Balaban J connectivity index is 1.27. The fourth-order valence-corrected chi connectivity index (χ4v) is 7.81. The van der Waals surface area contributed by atoms with Crippen LogP contribution in [0.15, 0.2) is 104 Å². The Kier molecular flexibility index (Phi) is 17.7. The highest BCUT2D eigenvalue weighted by atomic mass is 16.2. The van der Waals surface area contributed by atoms with Crippen LogP contribution in [-0.4, -0.2) is 117 Å². The molecular formula is C48H56N12O9. The van der Waals surface area contributed by atoms with Crippen LogP contribution in [0.1, 0.15) is 48.6 Å². The number of hydrogen-bond donors (Lipinski definition) is 11. The standard InChI is InChI=1S/C48H56N12O9/c1-28(61)55-39(21-30-12-6-3-7-13-30)47(68)57-35-16-17-41(62)51-19-18-36(46(67)58-37(43(49)64)22-31-24-52-34-15-9-8-14-33(31)34)56-42(63)26-53-44(65)38(20-29-10-4-2-5-11-29)59-48(69)40(60-45(35)66)23-32-25-50-27-54-32/h2-15,24-25,27,35-40,52H,16-23,26H2,1H3,(H2,49,64)(H,50,54)(H,51,62)(H,53,65)(H,55,61)(H,56,63)(H,57,68)(H,58,67)(H,59,69)(H,60,66)/t35?,36?,37-,38?,39?,40-/m0/s1. The summed E-state index contributed by atoms with van der Waals surface area (Å²) in [4.78, 5) is 132. The fourth-order valence-electron chi connectivity index (χ4n) is 7.81. The number of carbonyl (C=O) groups is 9. The number of H-pyrrole nitrogens is 2. The van der Waals surface area contributed by atoms with E-state index in [4.69, 9.17) is 5.73 Å². The van der Waals surface area contributed by atoms with E-state index in [-0.39, 0.29) is 51.5 Å². The molecule has 362 valence electrons. The third-order valence-corrected chi connectivity index (χ3v) is 11.4. The van der Waals surface area contributed by atoms with Crippen molar-refractivity contribution in [3.8, 4) is 0 Å². The number of benzene rings is 3. The number of nitrogens with one attached hydrogen (secondary N) is 10. The first kappa shape index (κ1) is 50.1. The molecule has 2 aromatic heterocycles. The van der Waals surface area contributed by atoms with E-state index in [1.54, 1.807) is 66.9 Å². The summed E-state index contributed by atoms with van der Waals surface area (Å²) in [5, 5.41) is 21.9. The van der Waals surface area contributed by atoms with Gasteiger partial charge in [0.25, 0.3) is 0 Å². The molecule has 0 spiro atoms. The number of rotatable bonds is 14. The lowest BCUT2D eigenvalue weighted by molar-refractivity contribution is -0.135. The quantitative estimate of drug-likeness (QED) is 0.0645. The lowest BCUT2D eigenvalue weighted by Crippen LogP contribution is -2.59. The summed E-state index contributed by atoms with van der Waals surface area (Å²) in [7, 11) is 0. The zero-order valence-electron chi connectivity index (χ0n) is 37.8. The van der Waals surface area contributed by atoms with Gasteiger partial charge in [-0.05, 0) is 35.6 Å². The van der Waals surface area contributed by atoms with E-state index in [9.17, 15) is 43.2 Å². The van der Waals surface area contributed by atoms with Crippen molar-refractivity contribution < 1.29 is 43.2 Å². The number of aromatic amines is 2. The summed E-state index contributed by atoms with van der Waals surface area (Å²) in [6, 6.07) is 17.1. The van der Waals surface area contributed by atoms with Gasteiger partial charge >= 0.3 is 0 Å². The lowest BCUT2D eigenvalue weighted by Gasteiger charge is -2.26. The van der Waals surface area contributed by atoms with Crippen LogP contribution < -0.4 is 48.3 Å². The van der Waals surface area contributed by atoms with Crippen molar-refractivity contribution in [3.63, 3.8) is 0 Å². The van der Waals surface area contributed by atoms with E-state index in [1.165, 1.54) is 19.4 Å². The first-order valence-electron chi connectivity index (χ1n) is 22.4. The van der Waals surface area contributed by atoms with Gasteiger partial charge in [-0.15, -0.1) is 0 Å². The number of fused-ring (bicyclic) bond motifs is 1. The second-order valence-corrected chi connectivity index (χ2v) is 16.6. The second-order valence-electron chi connectivity index (χ2n) is 16.6. The summed E-state index contributed by atoms with van der Waals surface area (Å²) in [6.07, 6.45) is 3.55. The molecule has 1 fully saturated rings. The van der Waals surface area contributed by atoms with Crippen molar-refractivity contribution in [1.82, 2.24) is 57.5 Å². The molecule has 21 nitrogen and oxygen atoms in total. The number of primary amides is 1. The Morgan fingerprint density at radius 3 is 2.09 bits per heavy atom. The highest BCUT2D eigenvalue weighted by Crippen LogP contribution is 2.19. The maximum absolute atomic E-state index is 14.3. The first-order chi connectivity index (χ1) is 33.2. The minimum Gasteiger partial charge on any atom is -0.368 e. The Bertz CT molecular complexity index is 2600. The highest BCUT2D eigenvalue weighted by Gasteiger charge is 2.33. The Labute approximate surface area is 396 Å². The van der Waals surface area contributed by atoms with E-state index < -0.39 is 96.0 Å². The molecular weight excluding hydrogens is 889 g/mol. The Morgan fingerprint density at radius 1 is 0.710 bits per heavy atom. The SMILES string of the molecule is CC(=O)NC(Cc1ccccc1)C(=O)NC1CCC(=O)NCCC(C(=O)N[C@@H](Cc2c[nH]c3ccccc23)C(N)=O)NC(=O)CNC(=O)C(Cc2ccccc2)NC(=O)[C@H](Cc2cnc[nH]2)NC1=O. The molecule has 9 amide bonds. The Morgan fingerprint density at radius 2 is 1.39 bits per heavy atom. The average molecular weight is 945 g/mol. The highest BCUT2D eigenvalue weighted by molar-refractivity contribution is 5.97. The van der Waals surface area contributed by atoms with Gasteiger partial charge in [0.1, 0.15) is 36.3 Å². The zero-order valence-corrected chi connectivity index (χ0v) is 37.8. The van der Waals surface area contributed by atoms with Gasteiger partial charge in [-0.2, -0.15) is 0 Å². The largest absolute Gasteiger partial charge is 0.368 e. The molecule has 1 aliphatic rings. The van der Waals surface area contributed by atoms with Crippen LogP contribution in [0.25, 0.3) is 10.9 Å². The number of aromatic nitrogens is 3. The number of nitrogens with zero attached hydrogens (tertiary/aromatic N) is 1. The maximum atomic E-state index is 14.3. The molecule has 0 radical (unpaired) electrons.